The molecule has 68 valence electrons. The van der Waals surface area contributed by atoms with E-state index < -0.39 is 0 Å². The van der Waals surface area contributed by atoms with Crippen LogP contribution in [-0.4, -0.2) is 13.3 Å². The largest absolute Gasteiger partial charge is 0.391 e. The van der Waals surface area contributed by atoms with Gasteiger partial charge in [-0.1, -0.05) is 19.3 Å². The Kier molecular flexibility index (Phi) is 3.85. The molecule has 0 bridgehead atoms. The lowest BCUT2D eigenvalue weighted by molar-refractivity contribution is -0.104. The summed E-state index contributed by atoms with van der Waals surface area (Å²) in [5.41, 5.74) is 1.06. The molecule has 12 heavy (non-hydrogen) atoms. The van der Waals surface area contributed by atoms with Crippen LogP contribution < -0.4 is 5.32 Å². The van der Waals surface area contributed by atoms with Crippen LogP contribution in [0.4, 0.5) is 0 Å². The fraction of sp³-hybridized carbons (Fsp3) is 0.700. The predicted octanol–water partition coefficient (Wildman–Crippen LogP) is 1.87. The minimum absolute atomic E-state index is 0.850. The second kappa shape index (κ2) is 4.96. The van der Waals surface area contributed by atoms with E-state index in [4.69, 9.17) is 0 Å². The van der Waals surface area contributed by atoms with Gasteiger partial charge in [0.1, 0.15) is 6.29 Å². The van der Waals surface area contributed by atoms with Crippen LogP contribution in [0.5, 0.6) is 0 Å². The van der Waals surface area contributed by atoms with Crippen molar-refractivity contribution < 1.29 is 4.79 Å². The Morgan fingerprint density at radius 3 is 2.83 bits per heavy atom. The average molecular weight is 167 g/mol. The summed E-state index contributed by atoms with van der Waals surface area (Å²) in [7, 11) is 1.87. The molecule has 0 amide bonds. The van der Waals surface area contributed by atoms with Crippen molar-refractivity contribution in [3.05, 3.63) is 11.8 Å². The van der Waals surface area contributed by atoms with E-state index in [0.29, 0.717) is 0 Å². The van der Waals surface area contributed by atoms with Gasteiger partial charge < -0.3 is 5.32 Å². The predicted molar refractivity (Wildman–Crippen MR) is 49.8 cm³/mol. The summed E-state index contributed by atoms with van der Waals surface area (Å²) < 4.78 is 0. The highest BCUT2D eigenvalue weighted by Crippen LogP contribution is 2.34. The summed E-state index contributed by atoms with van der Waals surface area (Å²) >= 11 is 0. The fourth-order valence-corrected chi connectivity index (χ4v) is 1.36. The SMILES string of the molecule is CN/C(=C\C=O)CCCC1CC1. The summed E-state index contributed by atoms with van der Waals surface area (Å²) in [6, 6.07) is 0. The molecule has 2 nitrogen and oxygen atoms in total. The zero-order chi connectivity index (χ0) is 8.81. The van der Waals surface area contributed by atoms with Crippen LogP contribution in [0.25, 0.3) is 0 Å². The van der Waals surface area contributed by atoms with Gasteiger partial charge in [0, 0.05) is 12.7 Å². The van der Waals surface area contributed by atoms with E-state index >= 15 is 0 Å². The lowest BCUT2D eigenvalue weighted by atomic mass is 10.1. The first-order chi connectivity index (χ1) is 5.86. The first-order valence-electron chi connectivity index (χ1n) is 4.69. The highest BCUT2D eigenvalue weighted by atomic mass is 16.1. The van der Waals surface area contributed by atoms with E-state index in [1.165, 1.54) is 25.7 Å². The quantitative estimate of drug-likeness (QED) is 0.483. The van der Waals surface area contributed by atoms with Crippen molar-refractivity contribution in [2.45, 2.75) is 32.1 Å². The third-order valence-electron chi connectivity index (χ3n) is 2.35. The molecule has 1 N–H and O–H groups in total. The van der Waals surface area contributed by atoms with Crippen molar-refractivity contribution >= 4 is 6.29 Å². The van der Waals surface area contributed by atoms with Gasteiger partial charge >= 0.3 is 0 Å². The molecule has 0 unspecified atom stereocenters. The van der Waals surface area contributed by atoms with E-state index in [-0.39, 0.29) is 0 Å². The van der Waals surface area contributed by atoms with Crippen LogP contribution in [0, 0.1) is 5.92 Å². The Bertz CT molecular complexity index is 171. The van der Waals surface area contributed by atoms with E-state index in [2.05, 4.69) is 5.32 Å². The molecule has 2 heteroatoms. The standard InChI is InChI=1S/C10H17NO/c1-11-10(7-8-12)4-2-3-9-5-6-9/h7-9,11H,2-6H2,1H3/b10-7-. The number of hydrogen-bond donors (Lipinski definition) is 1. The third-order valence-corrected chi connectivity index (χ3v) is 2.35. The number of rotatable bonds is 6. The lowest BCUT2D eigenvalue weighted by Crippen LogP contribution is -2.05. The summed E-state index contributed by atoms with van der Waals surface area (Å²) in [6.07, 6.45) is 8.88. The Balaban J connectivity index is 2.08. The monoisotopic (exact) mass is 167 g/mol. The summed E-state index contributed by atoms with van der Waals surface area (Å²) in [5.74, 6) is 0.999. The van der Waals surface area contributed by atoms with E-state index in [9.17, 15) is 4.79 Å². The number of carbonyl (C=O) groups is 1. The van der Waals surface area contributed by atoms with Crippen LogP contribution in [0.1, 0.15) is 32.1 Å². The zero-order valence-electron chi connectivity index (χ0n) is 7.68. The van der Waals surface area contributed by atoms with Crippen LogP contribution in [-0.2, 0) is 4.79 Å². The highest BCUT2D eigenvalue weighted by molar-refractivity contribution is 5.65. The van der Waals surface area contributed by atoms with Crippen molar-refractivity contribution in [1.29, 1.82) is 0 Å². The fourth-order valence-electron chi connectivity index (χ4n) is 1.36. The van der Waals surface area contributed by atoms with Crippen LogP contribution in [0.2, 0.25) is 0 Å². The normalized spacial score (nSPS) is 17.6. The minimum Gasteiger partial charge on any atom is -0.391 e. The van der Waals surface area contributed by atoms with Crippen molar-refractivity contribution in [1.82, 2.24) is 5.32 Å². The summed E-state index contributed by atoms with van der Waals surface area (Å²) in [4.78, 5) is 10.2. The molecule has 1 aliphatic rings. The van der Waals surface area contributed by atoms with E-state index in [1.54, 1.807) is 6.08 Å². The lowest BCUT2D eigenvalue weighted by Gasteiger charge is -2.04. The smallest absolute Gasteiger partial charge is 0.144 e. The molecule has 0 saturated heterocycles. The van der Waals surface area contributed by atoms with Crippen molar-refractivity contribution in [2.75, 3.05) is 7.05 Å². The van der Waals surface area contributed by atoms with E-state index in [1.807, 2.05) is 7.05 Å². The van der Waals surface area contributed by atoms with Crippen molar-refractivity contribution in [3.63, 3.8) is 0 Å². The molecule has 1 fully saturated rings. The molecule has 0 aromatic carbocycles. The Morgan fingerprint density at radius 2 is 2.33 bits per heavy atom. The Morgan fingerprint density at radius 1 is 1.58 bits per heavy atom. The van der Waals surface area contributed by atoms with Gasteiger partial charge in [0.05, 0.1) is 0 Å². The van der Waals surface area contributed by atoms with Gasteiger partial charge in [-0.2, -0.15) is 0 Å². The molecule has 0 aromatic rings. The number of hydrogen-bond acceptors (Lipinski definition) is 2. The molecule has 0 spiro atoms. The number of nitrogens with one attached hydrogen (secondary N) is 1. The summed E-state index contributed by atoms with van der Waals surface area (Å²) in [5, 5.41) is 3.03. The molecular weight excluding hydrogens is 150 g/mol. The molecule has 0 heterocycles. The number of carbonyl (C=O) groups excluding carboxylic acids is 1. The molecule has 0 atom stereocenters. The third kappa shape index (κ3) is 3.56. The number of allylic oxidation sites excluding steroid dienone is 2. The van der Waals surface area contributed by atoms with Crippen LogP contribution in [0.3, 0.4) is 0 Å². The van der Waals surface area contributed by atoms with Gasteiger partial charge in [-0.05, 0) is 24.8 Å². The van der Waals surface area contributed by atoms with Gasteiger partial charge in [0.2, 0.25) is 0 Å². The second-order valence-electron chi connectivity index (χ2n) is 3.41. The Hall–Kier alpha value is -0.790. The zero-order valence-corrected chi connectivity index (χ0v) is 7.68. The summed E-state index contributed by atoms with van der Waals surface area (Å²) in [6.45, 7) is 0. The molecule has 0 radical (unpaired) electrons. The highest BCUT2D eigenvalue weighted by Gasteiger charge is 2.20. The Labute approximate surface area is 74.0 Å². The van der Waals surface area contributed by atoms with Crippen LogP contribution in [0.15, 0.2) is 11.8 Å². The maximum atomic E-state index is 10.2. The van der Waals surface area contributed by atoms with Gasteiger partial charge in [-0.15, -0.1) is 0 Å². The van der Waals surface area contributed by atoms with Crippen molar-refractivity contribution in [3.8, 4) is 0 Å². The van der Waals surface area contributed by atoms with E-state index in [0.717, 1.165) is 24.3 Å². The maximum Gasteiger partial charge on any atom is 0.144 e. The topological polar surface area (TPSA) is 29.1 Å². The molecule has 1 aliphatic carbocycles. The van der Waals surface area contributed by atoms with Gasteiger partial charge in [-0.25, -0.2) is 0 Å². The molecular formula is C10H17NO. The second-order valence-corrected chi connectivity index (χ2v) is 3.41. The minimum atomic E-state index is 0.850. The molecule has 1 saturated carbocycles. The first-order valence-corrected chi connectivity index (χ1v) is 4.69. The molecule has 0 aromatic heterocycles. The van der Waals surface area contributed by atoms with Crippen molar-refractivity contribution in [2.24, 2.45) is 5.92 Å². The van der Waals surface area contributed by atoms with Gasteiger partial charge in [0.15, 0.2) is 0 Å². The maximum absolute atomic E-state index is 10.2. The van der Waals surface area contributed by atoms with Gasteiger partial charge in [0.25, 0.3) is 0 Å². The van der Waals surface area contributed by atoms with Crippen LogP contribution >= 0.6 is 0 Å². The molecule has 1 rings (SSSR count). The molecule has 0 aliphatic heterocycles. The van der Waals surface area contributed by atoms with Gasteiger partial charge in [-0.3, -0.25) is 4.79 Å². The number of aldehydes is 1. The first kappa shape index (κ1) is 9.30. The average Bonchev–Trinajstić information content (AvgIpc) is 2.87.